The van der Waals surface area contributed by atoms with Gasteiger partial charge in [0.25, 0.3) is 0 Å². The number of hydrogen-bond acceptors (Lipinski definition) is 3. The minimum absolute atomic E-state index is 0.277. The molecule has 18 heavy (non-hydrogen) atoms. The normalized spacial score (nSPS) is 13.7. The second-order valence-corrected chi connectivity index (χ2v) is 4.41. The van der Waals surface area contributed by atoms with Gasteiger partial charge in [-0.25, -0.2) is 0 Å². The maximum Gasteiger partial charge on any atom is 0.231 e. The van der Waals surface area contributed by atoms with E-state index in [9.17, 15) is 4.79 Å². The summed E-state index contributed by atoms with van der Waals surface area (Å²) in [6.07, 6.45) is 7.09. The summed E-state index contributed by atoms with van der Waals surface area (Å²) in [5.41, 5.74) is 1.82. The van der Waals surface area contributed by atoms with Crippen molar-refractivity contribution >= 4 is 12.4 Å². The highest BCUT2D eigenvalue weighted by atomic mass is 16.7. The molecule has 0 radical (unpaired) electrons. The van der Waals surface area contributed by atoms with Crippen molar-refractivity contribution in [2.45, 2.75) is 32.6 Å². The lowest BCUT2D eigenvalue weighted by Crippen LogP contribution is -1.92. The van der Waals surface area contributed by atoms with E-state index in [1.54, 1.807) is 0 Å². The van der Waals surface area contributed by atoms with E-state index < -0.39 is 0 Å². The highest BCUT2D eigenvalue weighted by Crippen LogP contribution is 2.33. The fourth-order valence-corrected chi connectivity index (χ4v) is 1.96. The van der Waals surface area contributed by atoms with Gasteiger partial charge in [0.05, 0.1) is 0 Å². The molecule has 3 heteroatoms. The number of fused-ring (bicyclic) bond motifs is 1. The highest BCUT2D eigenvalue weighted by molar-refractivity contribution is 5.81. The van der Waals surface area contributed by atoms with Crippen LogP contribution in [-0.2, 0) is 4.79 Å². The van der Waals surface area contributed by atoms with Crippen molar-refractivity contribution in [1.29, 1.82) is 0 Å². The molecule has 0 N–H and O–H groups in total. The fraction of sp³-hybridized carbons (Fsp3) is 0.400. The minimum Gasteiger partial charge on any atom is -0.454 e. The van der Waals surface area contributed by atoms with E-state index in [2.05, 4.69) is 6.92 Å². The molecule has 0 spiro atoms. The standard InChI is InChI=1S/C15H18O3/c1-2-3-4-5-13(10-16)8-12-6-7-14-15(9-12)18-11-17-14/h6-10H,2-5,11H2,1H3/b13-8+. The fourth-order valence-electron chi connectivity index (χ4n) is 1.96. The average molecular weight is 246 g/mol. The third-order valence-electron chi connectivity index (χ3n) is 2.97. The Hall–Kier alpha value is -1.77. The van der Waals surface area contributed by atoms with Crippen molar-refractivity contribution in [3.05, 3.63) is 29.3 Å². The number of aldehydes is 1. The van der Waals surface area contributed by atoms with Crippen LogP contribution in [0.4, 0.5) is 0 Å². The molecule has 0 bridgehead atoms. The lowest BCUT2D eigenvalue weighted by molar-refractivity contribution is -0.105. The molecule has 3 nitrogen and oxygen atoms in total. The third-order valence-corrected chi connectivity index (χ3v) is 2.97. The molecule has 96 valence electrons. The van der Waals surface area contributed by atoms with Crippen LogP contribution in [0.3, 0.4) is 0 Å². The van der Waals surface area contributed by atoms with E-state index >= 15 is 0 Å². The summed E-state index contributed by atoms with van der Waals surface area (Å²) in [6.45, 7) is 2.43. The molecule has 1 aromatic carbocycles. The van der Waals surface area contributed by atoms with Gasteiger partial charge < -0.3 is 9.47 Å². The van der Waals surface area contributed by atoms with Gasteiger partial charge in [-0.3, -0.25) is 4.79 Å². The van der Waals surface area contributed by atoms with Crippen LogP contribution in [0, 0.1) is 0 Å². The Balaban J connectivity index is 2.07. The van der Waals surface area contributed by atoms with Crippen molar-refractivity contribution in [3.8, 4) is 11.5 Å². The second-order valence-electron chi connectivity index (χ2n) is 4.41. The molecule has 0 unspecified atom stereocenters. The van der Waals surface area contributed by atoms with E-state index in [0.29, 0.717) is 0 Å². The summed E-state index contributed by atoms with van der Waals surface area (Å²) < 4.78 is 10.6. The molecule has 0 fully saturated rings. The molecular formula is C15H18O3. The monoisotopic (exact) mass is 246 g/mol. The molecule has 0 aliphatic carbocycles. The quantitative estimate of drug-likeness (QED) is 0.437. The molecule has 0 amide bonds. The van der Waals surface area contributed by atoms with Gasteiger partial charge in [-0.05, 0) is 42.2 Å². The molecule has 1 heterocycles. The average Bonchev–Trinajstić information content (AvgIpc) is 2.85. The predicted molar refractivity (Wildman–Crippen MR) is 70.7 cm³/mol. The first-order chi connectivity index (χ1) is 8.83. The van der Waals surface area contributed by atoms with Crippen molar-refractivity contribution in [2.24, 2.45) is 0 Å². The van der Waals surface area contributed by atoms with E-state index in [0.717, 1.165) is 54.6 Å². The molecule has 1 aliphatic heterocycles. The summed E-state index contributed by atoms with van der Waals surface area (Å²) in [6, 6.07) is 5.73. The zero-order valence-electron chi connectivity index (χ0n) is 10.6. The van der Waals surface area contributed by atoms with Crippen molar-refractivity contribution in [2.75, 3.05) is 6.79 Å². The summed E-state index contributed by atoms with van der Waals surface area (Å²) in [4.78, 5) is 11.0. The molecular weight excluding hydrogens is 228 g/mol. The van der Waals surface area contributed by atoms with Crippen LogP contribution in [-0.4, -0.2) is 13.1 Å². The van der Waals surface area contributed by atoms with E-state index in [4.69, 9.17) is 9.47 Å². The first kappa shape index (κ1) is 12.7. The Kier molecular flexibility index (Phi) is 4.40. The third kappa shape index (κ3) is 3.13. The first-order valence-corrected chi connectivity index (χ1v) is 6.39. The van der Waals surface area contributed by atoms with Crippen LogP contribution in [0.15, 0.2) is 23.8 Å². The number of unbranched alkanes of at least 4 members (excludes halogenated alkanes) is 2. The SMILES string of the molecule is CCCCC/C(C=O)=C\c1ccc2c(c1)OCO2. The van der Waals surface area contributed by atoms with Gasteiger partial charge >= 0.3 is 0 Å². The van der Waals surface area contributed by atoms with Crippen LogP contribution in [0.5, 0.6) is 11.5 Å². The number of benzene rings is 1. The molecule has 0 atom stereocenters. The number of hydrogen-bond donors (Lipinski definition) is 0. The Bertz CT molecular complexity index is 449. The molecule has 0 saturated carbocycles. The number of carbonyl (C=O) groups excluding carboxylic acids is 1. The highest BCUT2D eigenvalue weighted by Gasteiger charge is 2.12. The Labute approximate surface area is 107 Å². The number of carbonyl (C=O) groups is 1. The van der Waals surface area contributed by atoms with E-state index in [1.807, 2.05) is 24.3 Å². The Morgan fingerprint density at radius 2 is 2.11 bits per heavy atom. The summed E-state index contributed by atoms with van der Waals surface area (Å²) in [5.74, 6) is 1.52. The number of allylic oxidation sites excluding steroid dienone is 1. The van der Waals surface area contributed by atoms with E-state index in [-0.39, 0.29) is 6.79 Å². The largest absolute Gasteiger partial charge is 0.454 e. The zero-order valence-corrected chi connectivity index (χ0v) is 10.6. The van der Waals surface area contributed by atoms with Gasteiger partial charge in [-0.1, -0.05) is 25.8 Å². The predicted octanol–water partition coefficient (Wildman–Crippen LogP) is 3.58. The van der Waals surface area contributed by atoms with Gasteiger partial charge in [0.1, 0.15) is 6.29 Å². The van der Waals surface area contributed by atoms with Gasteiger partial charge in [0, 0.05) is 0 Å². The van der Waals surface area contributed by atoms with Gasteiger partial charge in [-0.15, -0.1) is 0 Å². The van der Waals surface area contributed by atoms with Gasteiger partial charge in [0.2, 0.25) is 6.79 Å². The maximum absolute atomic E-state index is 11.0. The molecule has 0 saturated heterocycles. The zero-order chi connectivity index (χ0) is 12.8. The molecule has 0 aromatic heterocycles. The van der Waals surface area contributed by atoms with Crippen molar-refractivity contribution in [1.82, 2.24) is 0 Å². The number of rotatable bonds is 6. The maximum atomic E-state index is 11.0. The van der Waals surface area contributed by atoms with E-state index in [1.165, 1.54) is 0 Å². The molecule has 1 aromatic rings. The molecule has 1 aliphatic rings. The van der Waals surface area contributed by atoms with Crippen LogP contribution >= 0.6 is 0 Å². The smallest absolute Gasteiger partial charge is 0.231 e. The lowest BCUT2D eigenvalue weighted by atomic mass is 10.1. The number of ether oxygens (including phenoxy) is 2. The van der Waals surface area contributed by atoms with Crippen molar-refractivity contribution in [3.63, 3.8) is 0 Å². The van der Waals surface area contributed by atoms with Crippen LogP contribution in [0.1, 0.15) is 38.2 Å². The first-order valence-electron chi connectivity index (χ1n) is 6.39. The Morgan fingerprint density at radius 1 is 1.28 bits per heavy atom. The summed E-state index contributed by atoms with van der Waals surface area (Å²) >= 11 is 0. The summed E-state index contributed by atoms with van der Waals surface area (Å²) in [5, 5.41) is 0. The minimum atomic E-state index is 0.277. The molecule has 2 rings (SSSR count). The van der Waals surface area contributed by atoms with Gasteiger partial charge in [-0.2, -0.15) is 0 Å². The van der Waals surface area contributed by atoms with Crippen molar-refractivity contribution < 1.29 is 14.3 Å². The topological polar surface area (TPSA) is 35.5 Å². The van der Waals surface area contributed by atoms with Crippen LogP contribution in [0.2, 0.25) is 0 Å². The Morgan fingerprint density at radius 3 is 2.89 bits per heavy atom. The van der Waals surface area contributed by atoms with Gasteiger partial charge in [0.15, 0.2) is 11.5 Å². The van der Waals surface area contributed by atoms with Crippen LogP contribution in [0.25, 0.3) is 6.08 Å². The summed E-state index contributed by atoms with van der Waals surface area (Å²) in [7, 11) is 0. The lowest BCUT2D eigenvalue weighted by Gasteiger charge is -2.01. The second kappa shape index (κ2) is 6.24. The van der Waals surface area contributed by atoms with Crippen LogP contribution < -0.4 is 9.47 Å².